The Morgan fingerprint density at radius 3 is 2.68 bits per heavy atom. The van der Waals surface area contributed by atoms with E-state index in [0.29, 0.717) is 31.3 Å². The second kappa shape index (κ2) is 10.4. The van der Waals surface area contributed by atoms with Crippen molar-refractivity contribution >= 4 is 11.9 Å². The van der Waals surface area contributed by atoms with Crippen molar-refractivity contribution in [2.75, 3.05) is 32.1 Å². The van der Waals surface area contributed by atoms with Crippen molar-refractivity contribution in [3.63, 3.8) is 0 Å². The lowest BCUT2D eigenvalue weighted by Crippen LogP contribution is -2.26. The van der Waals surface area contributed by atoms with E-state index in [4.69, 9.17) is 4.74 Å². The van der Waals surface area contributed by atoms with Crippen molar-refractivity contribution in [3.05, 3.63) is 53.3 Å². The zero-order valence-electron chi connectivity index (χ0n) is 14.9. The minimum Gasteiger partial charge on any atom is -0.385 e. The molecule has 0 unspecified atom stereocenters. The van der Waals surface area contributed by atoms with Crippen LogP contribution in [0.15, 0.2) is 36.4 Å². The Balaban J connectivity index is 1.80. The van der Waals surface area contributed by atoms with Crippen LogP contribution in [0, 0.1) is 6.92 Å². The van der Waals surface area contributed by atoms with Crippen molar-refractivity contribution in [3.8, 4) is 0 Å². The van der Waals surface area contributed by atoms with Gasteiger partial charge < -0.3 is 15.4 Å². The second-order valence-electron chi connectivity index (χ2n) is 5.84. The molecule has 0 radical (unpaired) electrons. The van der Waals surface area contributed by atoms with Crippen LogP contribution in [0.3, 0.4) is 0 Å². The van der Waals surface area contributed by atoms with Crippen molar-refractivity contribution in [1.29, 1.82) is 0 Å². The fraction of sp³-hybridized carbons (Fsp3) is 0.421. The van der Waals surface area contributed by atoms with Gasteiger partial charge in [0.05, 0.1) is 0 Å². The van der Waals surface area contributed by atoms with Crippen molar-refractivity contribution < 1.29 is 9.53 Å². The predicted molar refractivity (Wildman–Crippen MR) is 98.8 cm³/mol. The summed E-state index contributed by atoms with van der Waals surface area (Å²) in [6, 6.07) is 11.9. The molecule has 0 fully saturated rings. The summed E-state index contributed by atoms with van der Waals surface area (Å²) in [6.45, 7) is 3.85. The molecule has 2 rings (SSSR count). The minimum absolute atomic E-state index is 0.168. The Bertz CT molecular complexity index is 662. The molecule has 0 atom stereocenters. The summed E-state index contributed by atoms with van der Waals surface area (Å²) in [7, 11) is 1.67. The smallest absolute Gasteiger partial charge is 0.270 e. The molecule has 1 heterocycles. The van der Waals surface area contributed by atoms with Gasteiger partial charge in [0.1, 0.15) is 5.69 Å². The summed E-state index contributed by atoms with van der Waals surface area (Å²) in [4.78, 5) is 20.9. The van der Waals surface area contributed by atoms with Crippen LogP contribution < -0.4 is 10.6 Å². The Hall–Kier alpha value is -2.47. The number of methoxy groups -OCH3 is 1. The van der Waals surface area contributed by atoms with Crippen LogP contribution in [0.1, 0.15) is 34.6 Å². The third-order valence-electron chi connectivity index (χ3n) is 3.67. The maximum Gasteiger partial charge on any atom is 0.270 e. The fourth-order valence-corrected chi connectivity index (χ4v) is 2.41. The molecule has 0 saturated heterocycles. The Morgan fingerprint density at radius 1 is 1.12 bits per heavy atom. The quantitative estimate of drug-likeness (QED) is 0.649. The predicted octanol–water partition coefficient (Wildman–Crippen LogP) is 2.60. The van der Waals surface area contributed by atoms with Gasteiger partial charge in [-0.15, -0.1) is 0 Å². The number of aromatic nitrogens is 2. The van der Waals surface area contributed by atoms with Crippen LogP contribution in [-0.4, -0.2) is 42.7 Å². The van der Waals surface area contributed by atoms with Gasteiger partial charge in [0.25, 0.3) is 5.91 Å². The number of anilines is 1. The van der Waals surface area contributed by atoms with Gasteiger partial charge in [-0.05, 0) is 37.8 Å². The number of rotatable bonds is 10. The standard InChI is InChI=1S/C19H26N4O2/c1-15-14-17(23-19(22-15)21-12-7-13-25-2)18(24)20-11-6-10-16-8-4-3-5-9-16/h3-5,8-9,14H,6-7,10-13H2,1-2H3,(H,20,24)(H,21,22,23). The highest BCUT2D eigenvalue weighted by Gasteiger charge is 2.10. The molecule has 25 heavy (non-hydrogen) atoms. The number of hydrogen-bond acceptors (Lipinski definition) is 5. The van der Waals surface area contributed by atoms with Crippen LogP contribution in [0.5, 0.6) is 0 Å². The zero-order valence-corrected chi connectivity index (χ0v) is 14.9. The van der Waals surface area contributed by atoms with Crippen LogP contribution >= 0.6 is 0 Å². The molecule has 1 amide bonds. The van der Waals surface area contributed by atoms with Crippen LogP contribution in [-0.2, 0) is 11.2 Å². The van der Waals surface area contributed by atoms with E-state index in [2.05, 4.69) is 32.7 Å². The Kier molecular flexibility index (Phi) is 7.85. The van der Waals surface area contributed by atoms with Crippen molar-refractivity contribution in [2.24, 2.45) is 0 Å². The lowest BCUT2D eigenvalue weighted by atomic mass is 10.1. The highest BCUT2D eigenvalue weighted by atomic mass is 16.5. The zero-order chi connectivity index (χ0) is 17.9. The molecule has 0 aliphatic heterocycles. The van der Waals surface area contributed by atoms with Crippen molar-refractivity contribution in [1.82, 2.24) is 15.3 Å². The first-order chi connectivity index (χ1) is 12.2. The molecule has 1 aromatic heterocycles. The maximum atomic E-state index is 12.3. The normalized spacial score (nSPS) is 10.5. The number of aryl methyl sites for hydroxylation is 2. The number of nitrogens with zero attached hydrogens (tertiary/aromatic N) is 2. The van der Waals surface area contributed by atoms with Gasteiger partial charge in [0.15, 0.2) is 0 Å². The number of carbonyl (C=O) groups excluding carboxylic acids is 1. The van der Waals surface area contributed by atoms with Crippen LogP contribution in [0.2, 0.25) is 0 Å². The minimum atomic E-state index is -0.168. The Morgan fingerprint density at radius 2 is 1.92 bits per heavy atom. The van der Waals surface area contributed by atoms with E-state index >= 15 is 0 Å². The Labute approximate surface area is 149 Å². The summed E-state index contributed by atoms with van der Waals surface area (Å²) in [5, 5.41) is 6.05. The second-order valence-corrected chi connectivity index (χ2v) is 5.84. The molecule has 0 bridgehead atoms. The summed E-state index contributed by atoms with van der Waals surface area (Å²) in [6.07, 6.45) is 2.69. The van der Waals surface area contributed by atoms with E-state index in [0.717, 1.165) is 25.0 Å². The van der Waals surface area contributed by atoms with E-state index in [1.54, 1.807) is 13.2 Å². The van der Waals surface area contributed by atoms with Gasteiger partial charge in [-0.1, -0.05) is 30.3 Å². The number of amides is 1. The van der Waals surface area contributed by atoms with Crippen LogP contribution in [0.25, 0.3) is 0 Å². The highest BCUT2D eigenvalue weighted by Crippen LogP contribution is 2.06. The molecule has 2 aromatic rings. The molecule has 6 nitrogen and oxygen atoms in total. The molecule has 134 valence electrons. The molecular formula is C19H26N4O2. The van der Waals surface area contributed by atoms with E-state index < -0.39 is 0 Å². The number of ether oxygens (including phenoxy) is 1. The third-order valence-corrected chi connectivity index (χ3v) is 3.67. The molecule has 0 spiro atoms. The third kappa shape index (κ3) is 6.89. The lowest BCUT2D eigenvalue weighted by Gasteiger charge is -2.09. The SMILES string of the molecule is COCCCNc1nc(C)cc(C(=O)NCCCc2ccccc2)n1. The summed E-state index contributed by atoms with van der Waals surface area (Å²) in [5.41, 5.74) is 2.43. The molecular weight excluding hydrogens is 316 g/mol. The molecule has 0 saturated carbocycles. The molecule has 6 heteroatoms. The van der Waals surface area contributed by atoms with Gasteiger partial charge in [-0.3, -0.25) is 4.79 Å². The lowest BCUT2D eigenvalue weighted by molar-refractivity contribution is 0.0948. The average Bonchev–Trinajstić information content (AvgIpc) is 2.62. The summed E-state index contributed by atoms with van der Waals surface area (Å²) < 4.78 is 5.01. The van der Waals surface area contributed by atoms with Gasteiger partial charge in [-0.25, -0.2) is 9.97 Å². The van der Waals surface area contributed by atoms with Gasteiger partial charge in [0, 0.05) is 32.5 Å². The topological polar surface area (TPSA) is 76.1 Å². The van der Waals surface area contributed by atoms with Gasteiger partial charge in [0.2, 0.25) is 5.95 Å². The number of benzene rings is 1. The monoisotopic (exact) mass is 342 g/mol. The van der Waals surface area contributed by atoms with Crippen molar-refractivity contribution in [2.45, 2.75) is 26.2 Å². The molecule has 1 aromatic carbocycles. The van der Waals surface area contributed by atoms with E-state index in [-0.39, 0.29) is 5.91 Å². The number of carbonyl (C=O) groups is 1. The largest absolute Gasteiger partial charge is 0.385 e. The highest BCUT2D eigenvalue weighted by molar-refractivity contribution is 5.92. The molecule has 2 N–H and O–H groups in total. The first kappa shape index (κ1) is 18.9. The first-order valence-electron chi connectivity index (χ1n) is 8.59. The van der Waals surface area contributed by atoms with Gasteiger partial charge >= 0.3 is 0 Å². The molecule has 0 aliphatic carbocycles. The fourth-order valence-electron chi connectivity index (χ4n) is 2.41. The number of hydrogen-bond donors (Lipinski definition) is 2. The van der Waals surface area contributed by atoms with Gasteiger partial charge in [-0.2, -0.15) is 0 Å². The van der Waals surface area contributed by atoms with E-state index in [1.165, 1.54) is 5.56 Å². The van der Waals surface area contributed by atoms with E-state index in [1.807, 2.05) is 25.1 Å². The maximum absolute atomic E-state index is 12.3. The first-order valence-corrected chi connectivity index (χ1v) is 8.59. The molecule has 0 aliphatic rings. The number of nitrogens with one attached hydrogen (secondary N) is 2. The summed E-state index contributed by atoms with van der Waals surface area (Å²) >= 11 is 0. The van der Waals surface area contributed by atoms with Crippen LogP contribution in [0.4, 0.5) is 5.95 Å². The van der Waals surface area contributed by atoms with E-state index in [9.17, 15) is 4.79 Å². The average molecular weight is 342 g/mol. The summed E-state index contributed by atoms with van der Waals surface area (Å²) in [5.74, 6) is 0.309.